The highest BCUT2D eigenvalue weighted by Crippen LogP contribution is 2.51. The van der Waals surface area contributed by atoms with Crippen LogP contribution >= 0.6 is 0 Å². The molecule has 2 aliphatic heterocycles. The van der Waals surface area contributed by atoms with Crippen molar-refractivity contribution in [2.45, 2.75) is 38.5 Å². The van der Waals surface area contributed by atoms with Gasteiger partial charge in [0.2, 0.25) is 0 Å². The second kappa shape index (κ2) is 8.52. The van der Waals surface area contributed by atoms with Crippen LogP contribution in [0.5, 0.6) is 11.5 Å². The number of carbonyl (C=O) groups is 2. The number of ether oxygens (including phenoxy) is 2. The Labute approximate surface area is 199 Å². The molecule has 1 fully saturated rings. The first-order valence-electron chi connectivity index (χ1n) is 11.5. The lowest BCUT2D eigenvalue weighted by atomic mass is 9.88. The van der Waals surface area contributed by atoms with E-state index in [4.69, 9.17) is 9.47 Å². The van der Waals surface area contributed by atoms with Crippen molar-refractivity contribution in [1.82, 2.24) is 9.80 Å². The Bertz CT molecular complexity index is 1220. The fourth-order valence-electron chi connectivity index (χ4n) is 4.94. The first-order chi connectivity index (χ1) is 16.4. The Morgan fingerprint density at radius 1 is 1.06 bits per heavy atom. The van der Waals surface area contributed by atoms with Crippen LogP contribution in [-0.2, 0) is 6.42 Å². The molecule has 3 amide bonds. The summed E-state index contributed by atoms with van der Waals surface area (Å²) in [6.07, 6.45) is 1.13. The van der Waals surface area contributed by atoms with Gasteiger partial charge in [0.15, 0.2) is 17.2 Å². The Balaban J connectivity index is 1.57. The Kier molecular flexibility index (Phi) is 5.52. The first-order valence-corrected chi connectivity index (χ1v) is 11.5. The van der Waals surface area contributed by atoms with Crippen molar-refractivity contribution in [3.05, 3.63) is 95.1 Å². The maximum absolute atomic E-state index is 13.9. The molecule has 174 valence electrons. The molecule has 0 aromatic heterocycles. The first kappa shape index (κ1) is 22.0. The number of imide groups is 1. The van der Waals surface area contributed by atoms with Crippen molar-refractivity contribution in [2.24, 2.45) is 0 Å². The van der Waals surface area contributed by atoms with Gasteiger partial charge in [-0.05, 0) is 44.0 Å². The van der Waals surface area contributed by atoms with Crippen molar-refractivity contribution in [3.8, 4) is 11.5 Å². The topological polar surface area (TPSA) is 59.1 Å². The monoisotopic (exact) mass is 456 g/mol. The zero-order valence-corrected chi connectivity index (χ0v) is 19.7. The summed E-state index contributed by atoms with van der Waals surface area (Å²) in [6, 6.07) is 22.2. The van der Waals surface area contributed by atoms with Gasteiger partial charge in [0.05, 0.1) is 13.2 Å². The third-order valence-electron chi connectivity index (χ3n) is 6.79. The summed E-state index contributed by atoms with van der Waals surface area (Å²) < 4.78 is 12.1. The van der Waals surface area contributed by atoms with E-state index in [1.54, 1.807) is 24.1 Å². The number of benzene rings is 3. The zero-order valence-electron chi connectivity index (χ0n) is 19.7. The molecule has 34 heavy (non-hydrogen) atoms. The van der Waals surface area contributed by atoms with E-state index in [0.29, 0.717) is 36.4 Å². The van der Waals surface area contributed by atoms with Gasteiger partial charge in [0, 0.05) is 24.1 Å². The van der Waals surface area contributed by atoms with Gasteiger partial charge in [0.1, 0.15) is 0 Å². The molecule has 5 rings (SSSR count). The maximum atomic E-state index is 13.9. The van der Waals surface area contributed by atoms with Gasteiger partial charge in [-0.2, -0.15) is 0 Å². The number of rotatable bonds is 5. The predicted octanol–water partition coefficient (Wildman–Crippen LogP) is 5.36. The van der Waals surface area contributed by atoms with Crippen molar-refractivity contribution in [3.63, 3.8) is 0 Å². The van der Waals surface area contributed by atoms with Gasteiger partial charge in [-0.1, -0.05) is 60.2 Å². The summed E-state index contributed by atoms with van der Waals surface area (Å²) in [5.74, 6) is 0.869. The van der Waals surface area contributed by atoms with E-state index in [-0.39, 0.29) is 11.9 Å². The average Bonchev–Trinajstić information content (AvgIpc) is 2.84. The predicted molar refractivity (Wildman–Crippen MR) is 129 cm³/mol. The standard InChI is InChI=1S/C28H28N2O4/c1-19-12-14-21(15-13-19)26(31)30-23-18-28(2,34-25-22(23)10-7-11-24(25)33-3)29(27(30)32)17-16-20-8-5-4-6-9-20/h4-15,23H,16-18H2,1-3H3. The lowest BCUT2D eigenvalue weighted by molar-refractivity contribution is -0.106. The number of nitrogens with zero attached hydrogens (tertiary/aromatic N) is 2. The Morgan fingerprint density at radius 2 is 1.79 bits per heavy atom. The van der Waals surface area contributed by atoms with Crippen molar-refractivity contribution in [1.29, 1.82) is 0 Å². The molecule has 6 nitrogen and oxygen atoms in total. The van der Waals surface area contributed by atoms with Crippen LogP contribution in [0.4, 0.5) is 4.79 Å². The molecule has 6 heteroatoms. The average molecular weight is 457 g/mol. The molecule has 2 aliphatic rings. The lowest BCUT2D eigenvalue weighted by Gasteiger charge is -2.54. The summed E-state index contributed by atoms with van der Waals surface area (Å²) >= 11 is 0. The fourth-order valence-corrected chi connectivity index (χ4v) is 4.94. The molecule has 1 saturated heterocycles. The molecule has 2 heterocycles. The van der Waals surface area contributed by atoms with Gasteiger partial charge in [-0.3, -0.25) is 14.6 Å². The number of hydrogen-bond acceptors (Lipinski definition) is 4. The molecule has 0 radical (unpaired) electrons. The van der Waals surface area contributed by atoms with E-state index >= 15 is 0 Å². The van der Waals surface area contributed by atoms with E-state index in [1.807, 2.05) is 74.5 Å². The minimum Gasteiger partial charge on any atom is -0.493 e. The normalized spacial score (nSPS) is 21.0. The number of hydrogen-bond donors (Lipinski definition) is 0. The number of methoxy groups -OCH3 is 1. The third-order valence-corrected chi connectivity index (χ3v) is 6.79. The fraction of sp³-hybridized carbons (Fsp3) is 0.286. The number of aryl methyl sites for hydroxylation is 1. The molecule has 0 spiro atoms. The number of carbonyl (C=O) groups excluding carboxylic acids is 2. The Morgan fingerprint density at radius 3 is 2.50 bits per heavy atom. The minimum atomic E-state index is -0.901. The van der Waals surface area contributed by atoms with E-state index < -0.39 is 11.8 Å². The molecule has 2 unspecified atom stereocenters. The SMILES string of the molecule is COc1cccc2c1OC1(C)CC2N(C(=O)c2ccc(C)cc2)C(=O)N1CCc1ccccc1. The van der Waals surface area contributed by atoms with Gasteiger partial charge in [-0.25, -0.2) is 4.79 Å². The number of fused-ring (bicyclic) bond motifs is 4. The van der Waals surface area contributed by atoms with Crippen molar-refractivity contribution < 1.29 is 19.1 Å². The summed E-state index contributed by atoms with van der Waals surface area (Å²) in [5.41, 5.74) is 2.54. The highest BCUT2D eigenvalue weighted by molar-refractivity contribution is 6.05. The molecule has 0 saturated carbocycles. The zero-order chi connectivity index (χ0) is 23.9. The summed E-state index contributed by atoms with van der Waals surface area (Å²) in [4.78, 5) is 30.7. The van der Waals surface area contributed by atoms with Crippen LogP contribution in [-0.4, -0.2) is 41.1 Å². The lowest BCUT2D eigenvalue weighted by Crippen LogP contribution is -2.66. The number of urea groups is 1. The second-order valence-electron chi connectivity index (χ2n) is 9.09. The van der Waals surface area contributed by atoms with Crippen LogP contribution in [0.2, 0.25) is 0 Å². The van der Waals surface area contributed by atoms with E-state index in [0.717, 1.165) is 16.7 Å². The molecule has 2 atom stereocenters. The molecular weight excluding hydrogens is 428 g/mol. The highest BCUT2D eigenvalue weighted by atomic mass is 16.5. The van der Waals surface area contributed by atoms with E-state index in [9.17, 15) is 9.59 Å². The summed E-state index contributed by atoms with van der Waals surface area (Å²) in [7, 11) is 1.60. The van der Waals surface area contributed by atoms with Gasteiger partial charge >= 0.3 is 6.03 Å². The molecular formula is C28H28N2O4. The second-order valence-corrected chi connectivity index (χ2v) is 9.09. The van der Waals surface area contributed by atoms with Crippen LogP contribution in [0, 0.1) is 6.92 Å². The van der Waals surface area contributed by atoms with E-state index in [2.05, 4.69) is 0 Å². The molecule has 0 aliphatic carbocycles. The van der Waals surface area contributed by atoms with Crippen molar-refractivity contribution >= 4 is 11.9 Å². The summed E-state index contributed by atoms with van der Waals surface area (Å²) in [5, 5.41) is 0. The van der Waals surface area contributed by atoms with Crippen LogP contribution in [0.15, 0.2) is 72.8 Å². The highest BCUT2D eigenvalue weighted by Gasteiger charge is 2.55. The largest absolute Gasteiger partial charge is 0.493 e. The van der Waals surface area contributed by atoms with Crippen LogP contribution in [0.25, 0.3) is 0 Å². The maximum Gasteiger partial charge on any atom is 0.330 e. The molecule has 3 aromatic carbocycles. The van der Waals surface area contributed by atoms with Gasteiger partial charge in [0.25, 0.3) is 5.91 Å². The van der Waals surface area contributed by atoms with Gasteiger partial charge < -0.3 is 9.47 Å². The van der Waals surface area contributed by atoms with Crippen LogP contribution < -0.4 is 9.47 Å². The molecule has 2 bridgehead atoms. The smallest absolute Gasteiger partial charge is 0.330 e. The number of para-hydroxylation sites is 1. The molecule has 3 aromatic rings. The van der Waals surface area contributed by atoms with Crippen LogP contribution in [0.1, 0.15) is 46.4 Å². The third kappa shape index (κ3) is 3.69. The Hall–Kier alpha value is -3.80. The van der Waals surface area contributed by atoms with E-state index in [1.165, 1.54) is 4.90 Å². The van der Waals surface area contributed by atoms with Gasteiger partial charge in [-0.15, -0.1) is 0 Å². The van der Waals surface area contributed by atoms with Crippen molar-refractivity contribution in [2.75, 3.05) is 13.7 Å². The van der Waals surface area contributed by atoms with Crippen LogP contribution in [0.3, 0.4) is 0 Å². The quantitative estimate of drug-likeness (QED) is 0.518. The summed E-state index contributed by atoms with van der Waals surface area (Å²) in [6.45, 7) is 4.32. The minimum absolute atomic E-state index is 0.308. The number of amides is 3. The molecule has 0 N–H and O–H groups in total.